The first-order chi connectivity index (χ1) is 17.4. The lowest BCUT2D eigenvalue weighted by Crippen LogP contribution is -2.36. The molecule has 0 aliphatic carbocycles. The van der Waals surface area contributed by atoms with Gasteiger partial charge in [0.2, 0.25) is 11.9 Å². The van der Waals surface area contributed by atoms with Gasteiger partial charge in [-0.1, -0.05) is 37.3 Å². The van der Waals surface area contributed by atoms with E-state index >= 15 is 0 Å². The van der Waals surface area contributed by atoms with Gasteiger partial charge in [-0.2, -0.15) is 13.2 Å². The average molecular weight is 530 g/mol. The van der Waals surface area contributed by atoms with Crippen molar-refractivity contribution in [1.82, 2.24) is 14.9 Å². The number of anilines is 1. The Hall–Kier alpha value is -4.30. The van der Waals surface area contributed by atoms with Gasteiger partial charge in [0, 0.05) is 24.4 Å². The number of rotatable bonds is 11. The summed E-state index contributed by atoms with van der Waals surface area (Å²) in [5.41, 5.74) is 11.7. The number of carbonyl (C=O) groups is 2. The second-order valence-electron chi connectivity index (χ2n) is 7.54. The van der Waals surface area contributed by atoms with Crippen LogP contribution in [0.1, 0.15) is 30.5 Å². The summed E-state index contributed by atoms with van der Waals surface area (Å²) in [6.07, 6.45) is -2.59. The number of oxime groups is 1. The van der Waals surface area contributed by atoms with Crippen molar-refractivity contribution in [2.24, 2.45) is 16.6 Å². The zero-order valence-corrected chi connectivity index (χ0v) is 20.3. The number of carbonyl (C=O) groups excluding carboxylic acids is 1. The number of hydrogen-bond donors (Lipinski definition) is 5. The summed E-state index contributed by atoms with van der Waals surface area (Å²) in [7, 11) is 0. The van der Waals surface area contributed by atoms with E-state index in [2.05, 4.69) is 39.8 Å². The Morgan fingerprint density at radius 3 is 2.41 bits per heavy atom. The van der Waals surface area contributed by atoms with Crippen LogP contribution in [-0.4, -0.2) is 58.4 Å². The van der Waals surface area contributed by atoms with Crippen LogP contribution in [-0.2, 0) is 21.0 Å². The zero-order chi connectivity index (χ0) is 28.0. The van der Waals surface area contributed by atoms with Crippen LogP contribution in [0.15, 0.2) is 46.5 Å². The molecule has 1 heterocycles. The molecular formula is C22H30F3N7O5. The largest absolute Gasteiger partial charge is 0.490 e. The van der Waals surface area contributed by atoms with E-state index in [1.165, 1.54) is 10.1 Å². The van der Waals surface area contributed by atoms with Gasteiger partial charge in [0.15, 0.2) is 5.82 Å². The number of nitrogens with two attached hydrogens (primary N) is 2. The van der Waals surface area contributed by atoms with E-state index in [0.29, 0.717) is 12.2 Å². The van der Waals surface area contributed by atoms with Crippen molar-refractivity contribution >= 4 is 23.7 Å². The smallest absolute Gasteiger partial charge is 0.475 e. The third-order valence-electron chi connectivity index (χ3n) is 4.76. The number of carboxylic acid groups (broad SMARTS) is 1. The lowest BCUT2D eigenvalue weighted by molar-refractivity contribution is -0.192. The van der Waals surface area contributed by atoms with E-state index in [1.54, 1.807) is 13.1 Å². The number of guanidine groups is 1. The monoisotopic (exact) mass is 529 g/mol. The van der Waals surface area contributed by atoms with Gasteiger partial charge < -0.3 is 32.0 Å². The Kier molecular flexibility index (Phi) is 12.4. The molecule has 1 atom stereocenters. The maximum Gasteiger partial charge on any atom is 0.490 e. The fourth-order valence-electron chi connectivity index (χ4n) is 2.89. The maximum atomic E-state index is 12.8. The number of benzene rings is 1. The van der Waals surface area contributed by atoms with Crippen LogP contribution in [0.25, 0.3) is 0 Å². The molecule has 0 fully saturated rings. The quantitative estimate of drug-likeness (QED) is 0.123. The van der Waals surface area contributed by atoms with Gasteiger partial charge in [0.25, 0.3) is 5.56 Å². The van der Waals surface area contributed by atoms with Crippen molar-refractivity contribution < 1.29 is 32.7 Å². The highest BCUT2D eigenvalue weighted by atomic mass is 19.4. The molecule has 204 valence electrons. The first-order valence-electron chi connectivity index (χ1n) is 11.0. The fourth-order valence-corrected chi connectivity index (χ4v) is 2.89. The lowest BCUT2D eigenvalue weighted by atomic mass is 9.96. The molecule has 15 heteroatoms. The van der Waals surface area contributed by atoms with Gasteiger partial charge in [-0.3, -0.25) is 14.2 Å². The highest BCUT2D eigenvalue weighted by Crippen LogP contribution is 2.19. The second kappa shape index (κ2) is 15.0. The normalized spacial score (nSPS) is 11.4. The van der Waals surface area contributed by atoms with Crippen molar-refractivity contribution in [2.45, 2.75) is 38.9 Å². The predicted molar refractivity (Wildman–Crippen MR) is 130 cm³/mol. The van der Waals surface area contributed by atoms with Crippen molar-refractivity contribution in [3.05, 3.63) is 58.1 Å². The average Bonchev–Trinajstić information content (AvgIpc) is 2.83. The summed E-state index contributed by atoms with van der Waals surface area (Å²) < 4.78 is 33.1. The third-order valence-corrected chi connectivity index (χ3v) is 4.76. The molecule has 0 saturated carbocycles. The Bertz CT molecular complexity index is 1100. The molecule has 0 saturated heterocycles. The number of aromatic nitrogens is 2. The standard InChI is InChI=1S/C20H29N7O3.C2HF3O2/c1-3-15(16-7-5-4-6-8-16)12-25-18-19(29)27(14(2)11-24-18)13-17(28)23-9-10-30-26-20(21)22;3-2(4,5)1(6)7/h4-8,11,15H,3,9-10,12-13H2,1-2H3,(H,23,28)(H,24,25)(H4,21,22,26);(H,6,7). The third kappa shape index (κ3) is 11.3. The van der Waals surface area contributed by atoms with Crippen LogP contribution in [0.5, 0.6) is 0 Å². The van der Waals surface area contributed by atoms with E-state index in [9.17, 15) is 22.8 Å². The number of alkyl halides is 3. The van der Waals surface area contributed by atoms with Crippen LogP contribution in [0.4, 0.5) is 19.0 Å². The molecule has 2 rings (SSSR count). The number of hydrogen-bond acceptors (Lipinski definition) is 7. The van der Waals surface area contributed by atoms with Gasteiger partial charge in [0.05, 0.1) is 6.54 Å². The predicted octanol–water partition coefficient (Wildman–Crippen LogP) is 1.11. The summed E-state index contributed by atoms with van der Waals surface area (Å²) in [4.78, 5) is 42.9. The minimum absolute atomic E-state index is 0.110. The topological polar surface area (TPSA) is 187 Å². The summed E-state index contributed by atoms with van der Waals surface area (Å²) in [5.74, 6) is -2.82. The van der Waals surface area contributed by atoms with Crippen LogP contribution in [0, 0.1) is 6.92 Å². The molecule has 1 amide bonds. The van der Waals surface area contributed by atoms with Gasteiger partial charge >= 0.3 is 12.1 Å². The lowest BCUT2D eigenvalue weighted by Gasteiger charge is -2.17. The second-order valence-corrected chi connectivity index (χ2v) is 7.54. The van der Waals surface area contributed by atoms with Crippen LogP contribution in [0.3, 0.4) is 0 Å². The number of amides is 1. The molecule has 2 aromatic rings. The Morgan fingerprint density at radius 2 is 1.86 bits per heavy atom. The van der Waals surface area contributed by atoms with Crippen molar-refractivity contribution in [2.75, 3.05) is 25.0 Å². The van der Waals surface area contributed by atoms with Crippen molar-refractivity contribution in [3.8, 4) is 0 Å². The minimum Gasteiger partial charge on any atom is -0.475 e. The molecule has 12 nitrogen and oxygen atoms in total. The number of aliphatic carboxylic acids is 1. The van der Waals surface area contributed by atoms with Crippen LogP contribution >= 0.6 is 0 Å². The van der Waals surface area contributed by atoms with Crippen molar-refractivity contribution in [3.63, 3.8) is 0 Å². The summed E-state index contributed by atoms with van der Waals surface area (Å²) >= 11 is 0. The fraction of sp³-hybridized carbons (Fsp3) is 0.409. The summed E-state index contributed by atoms with van der Waals surface area (Å²) in [6.45, 7) is 4.58. The molecular weight excluding hydrogens is 499 g/mol. The Morgan fingerprint density at radius 1 is 1.24 bits per heavy atom. The zero-order valence-electron chi connectivity index (χ0n) is 20.3. The molecule has 0 aliphatic heterocycles. The summed E-state index contributed by atoms with van der Waals surface area (Å²) in [5, 5.41) is 16.3. The molecule has 1 aromatic carbocycles. The number of nitrogens with zero attached hydrogens (tertiary/aromatic N) is 3. The van der Waals surface area contributed by atoms with Crippen molar-refractivity contribution in [1.29, 1.82) is 0 Å². The van der Waals surface area contributed by atoms with Gasteiger partial charge in [0.1, 0.15) is 13.2 Å². The molecule has 0 radical (unpaired) electrons. The molecule has 1 unspecified atom stereocenters. The van der Waals surface area contributed by atoms with Gasteiger partial charge in [-0.05, 0) is 24.1 Å². The highest BCUT2D eigenvalue weighted by molar-refractivity contribution is 5.76. The molecule has 1 aromatic heterocycles. The number of halogens is 3. The van der Waals surface area contributed by atoms with Gasteiger partial charge in [-0.25, -0.2) is 9.78 Å². The molecule has 0 spiro atoms. The number of aryl methyl sites for hydroxylation is 1. The van der Waals surface area contributed by atoms with Crippen LogP contribution < -0.4 is 27.7 Å². The first kappa shape index (κ1) is 30.7. The molecule has 0 bridgehead atoms. The van der Waals surface area contributed by atoms with E-state index in [4.69, 9.17) is 26.2 Å². The van der Waals surface area contributed by atoms with Crippen LogP contribution in [0.2, 0.25) is 0 Å². The maximum absolute atomic E-state index is 12.8. The van der Waals surface area contributed by atoms with E-state index in [1.807, 2.05) is 18.2 Å². The number of carboxylic acids is 1. The SMILES string of the molecule is CCC(CNc1ncc(C)n(CC(=O)NCCON=C(N)N)c1=O)c1ccccc1.O=C(O)C(F)(F)F. The van der Waals surface area contributed by atoms with E-state index in [-0.39, 0.29) is 48.9 Å². The molecule has 0 aliphatic rings. The molecule has 7 N–H and O–H groups in total. The highest BCUT2D eigenvalue weighted by Gasteiger charge is 2.38. The minimum atomic E-state index is -5.08. The first-order valence-corrected chi connectivity index (χ1v) is 11.0. The van der Waals surface area contributed by atoms with E-state index in [0.717, 1.165) is 6.42 Å². The Balaban J connectivity index is 0.000000856. The molecule has 37 heavy (non-hydrogen) atoms. The van der Waals surface area contributed by atoms with Gasteiger partial charge in [-0.15, -0.1) is 0 Å². The summed E-state index contributed by atoms with van der Waals surface area (Å²) in [6, 6.07) is 10.1. The van der Waals surface area contributed by atoms with E-state index < -0.39 is 12.1 Å². The number of nitrogens with one attached hydrogen (secondary N) is 2. The Labute approximate surface area is 210 Å².